The smallest absolute Gasteiger partial charge is 0.290 e. The van der Waals surface area contributed by atoms with Gasteiger partial charge in [-0.1, -0.05) is 30.8 Å². The molecular formula is C22H24N6O4. The SMILES string of the molecule is C=CC(=O)N1CCCC(n2nc(-c3ccc(C4OCCO4)cc3)c3c(N)n[nH]c(=O)c32)C1. The number of rotatable bonds is 4. The number of nitrogens with zero attached hydrogens (tertiary/aromatic N) is 4. The Hall–Kier alpha value is -3.50. The molecule has 2 aromatic heterocycles. The highest BCUT2D eigenvalue weighted by atomic mass is 16.7. The number of likely N-dealkylation sites (tertiary alicyclic amines) is 1. The van der Waals surface area contributed by atoms with E-state index >= 15 is 0 Å². The average Bonchev–Trinajstić information content (AvgIpc) is 3.50. The molecular weight excluding hydrogens is 412 g/mol. The molecule has 2 fully saturated rings. The van der Waals surface area contributed by atoms with Gasteiger partial charge in [-0.3, -0.25) is 14.3 Å². The van der Waals surface area contributed by atoms with Crippen LogP contribution in [0.2, 0.25) is 0 Å². The summed E-state index contributed by atoms with van der Waals surface area (Å²) in [5.41, 5.74) is 8.44. The van der Waals surface area contributed by atoms with E-state index in [0.717, 1.165) is 24.0 Å². The normalized spacial score (nSPS) is 19.5. The molecule has 0 radical (unpaired) electrons. The minimum absolute atomic E-state index is 0.131. The van der Waals surface area contributed by atoms with E-state index in [2.05, 4.69) is 16.8 Å². The van der Waals surface area contributed by atoms with Crippen molar-refractivity contribution < 1.29 is 14.3 Å². The number of carbonyl (C=O) groups excluding carboxylic acids is 1. The second-order valence-corrected chi connectivity index (χ2v) is 7.93. The zero-order valence-corrected chi connectivity index (χ0v) is 17.5. The van der Waals surface area contributed by atoms with Gasteiger partial charge >= 0.3 is 0 Å². The van der Waals surface area contributed by atoms with Crippen LogP contribution in [0, 0.1) is 0 Å². The van der Waals surface area contributed by atoms with Crippen LogP contribution in [0.4, 0.5) is 5.82 Å². The molecule has 10 nitrogen and oxygen atoms in total. The average molecular weight is 436 g/mol. The zero-order valence-electron chi connectivity index (χ0n) is 17.5. The molecule has 166 valence electrons. The maximum Gasteiger partial charge on any atom is 0.290 e. The standard InChI is InChI=1S/C22H24N6O4/c1-2-16(29)27-9-3-4-15(12-27)28-19-17(20(23)24-25-21(19)30)18(26-28)13-5-7-14(8-6-13)22-31-10-11-32-22/h2,5-8,15,22H,1,3-4,9-12H2,(H2,23,24)(H,25,30). The van der Waals surface area contributed by atoms with Crippen LogP contribution in [0.3, 0.4) is 0 Å². The molecule has 4 heterocycles. The number of H-pyrrole nitrogens is 1. The summed E-state index contributed by atoms with van der Waals surface area (Å²) in [6.07, 6.45) is 2.52. The largest absolute Gasteiger partial charge is 0.382 e. The molecule has 3 aromatic rings. The molecule has 2 aliphatic rings. The number of fused-ring (bicyclic) bond motifs is 1. The van der Waals surface area contributed by atoms with Gasteiger partial charge in [-0.2, -0.15) is 10.2 Å². The van der Waals surface area contributed by atoms with E-state index in [-0.39, 0.29) is 29.6 Å². The molecule has 1 aromatic carbocycles. The Morgan fingerprint density at radius 1 is 1.25 bits per heavy atom. The summed E-state index contributed by atoms with van der Waals surface area (Å²) < 4.78 is 12.8. The Labute approximate surface area is 183 Å². The molecule has 1 atom stereocenters. The first-order valence-electron chi connectivity index (χ1n) is 10.6. The third kappa shape index (κ3) is 3.47. The topological polar surface area (TPSA) is 128 Å². The summed E-state index contributed by atoms with van der Waals surface area (Å²) in [6.45, 7) is 5.81. The van der Waals surface area contributed by atoms with Crippen molar-refractivity contribution in [3.05, 3.63) is 52.8 Å². The number of ether oxygens (including phenoxy) is 2. The second-order valence-electron chi connectivity index (χ2n) is 7.93. The van der Waals surface area contributed by atoms with Crippen molar-refractivity contribution in [2.75, 3.05) is 32.0 Å². The molecule has 0 aliphatic carbocycles. The summed E-state index contributed by atoms with van der Waals surface area (Å²) >= 11 is 0. The molecule has 0 spiro atoms. The monoisotopic (exact) mass is 436 g/mol. The lowest BCUT2D eigenvalue weighted by Gasteiger charge is -2.32. The third-order valence-corrected chi connectivity index (χ3v) is 5.97. The van der Waals surface area contributed by atoms with Gasteiger partial charge in [-0.05, 0) is 18.9 Å². The second kappa shape index (κ2) is 8.21. The van der Waals surface area contributed by atoms with Gasteiger partial charge in [0.1, 0.15) is 11.2 Å². The lowest BCUT2D eigenvalue weighted by Crippen LogP contribution is -2.40. The summed E-state index contributed by atoms with van der Waals surface area (Å²) in [6, 6.07) is 7.48. The highest BCUT2D eigenvalue weighted by Gasteiger charge is 2.29. The minimum Gasteiger partial charge on any atom is -0.382 e. The molecule has 2 saturated heterocycles. The van der Waals surface area contributed by atoms with Crippen LogP contribution >= 0.6 is 0 Å². The molecule has 32 heavy (non-hydrogen) atoms. The number of amides is 1. The summed E-state index contributed by atoms with van der Waals surface area (Å²) in [7, 11) is 0. The fourth-order valence-electron chi connectivity index (χ4n) is 4.41. The van der Waals surface area contributed by atoms with Crippen molar-refractivity contribution >= 4 is 22.6 Å². The van der Waals surface area contributed by atoms with Crippen LogP contribution in [0.15, 0.2) is 41.7 Å². The van der Waals surface area contributed by atoms with Gasteiger partial charge in [0.05, 0.1) is 24.6 Å². The number of nitrogens with two attached hydrogens (primary N) is 1. The van der Waals surface area contributed by atoms with Crippen LogP contribution < -0.4 is 11.3 Å². The fraction of sp³-hybridized carbons (Fsp3) is 0.364. The van der Waals surface area contributed by atoms with Crippen molar-refractivity contribution in [1.82, 2.24) is 24.9 Å². The molecule has 0 saturated carbocycles. The predicted octanol–water partition coefficient (Wildman–Crippen LogP) is 1.76. The minimum atomic E-state index is -0.372. The predicted molar refractivity (Wildman–Crippen MR) is 118 cm³/mol. The Bertz CT molecular complexity index is 1230. The van der Waals surface area contributed by atoms with Crippen molar-refractivity contribution in [1.29, 1.82) is 0 Å². The van der Waals surface area contributed by atoms with Gasteiger partial charge in [0.25, 0.3) is 5.56 Å². The Balaban J connectivity index is 1.58. The zero-order chi connectivity index (χ0) is 22.2. The van der Waals surface area contributed by atoms with Gasteiger partial charge in [0.2, 0.25) is 5.91 Å². The van der Waals surface area contributed by atoms with E-state index in [1.165, 1.54) is 6.08 Å². The number of benzene rings is 1. The fourth-order valence-corrected chi connectivity index (χ4v) is 4.41. The quantitative estimate of drug-likeness (QED) is 0.596. The number of aromatic amines is 1. The number of carbonyl (C=O) groups is 1. The molecule has 10 heteroatoms. The van der Waals surface area contributed by atoms with Gasteiger partial charge in [-0.15, -0.1) is 0 Å². The van der Waals surface area contributed by atoms with Crippen molar-refractivity contribution in [2.24, 2.45) is 0 Å². The van der Waals surface area contributed by atoms with Crippen molar-refractivity contribution in [3.63, 3.8) is 0 Å². The maximum atomic E-state index is 12.8. The lowest BCUT2D eigenvalue weighted by atomic mass is 10.1. The number of piperidine rings is 1. The van der Waals surface area contributed by atoms with Gasteiger partial charge < -0.3 is 20.1 Å². The molecule has 1 amide bonds. The van der Waals surface area contributed by atoms with Crippen molar-refractivity contribution in [3.8, 4) is 11.3 Å². The van der Waals surface area contributed by atoms with Crippen LogP contribution in [0.1, 0.15) is 30.7 Å². The first-order valence-corrected chi connectivity index (χ1v) is 10.6. The first-order chi connectivity index (χ1) is 15.6. The third-order valence-electron chi connectivity index (χ3n) is 5.97. The number of aromatic nitrogens is 4. The van der Waals surface area contributed by atoms with E-state index in [4.69, 9.17) is 20.3 Å². The first kappa shape index (κ1) is 20.4. The van der Waals surface area contributed by atoms with E-state index in [9.17, 15) is 9.59 Å². The van der Waals surface area contributed by atoms with Crippen LogP contribution in [0.5, 0.6) is 0 Å². The molecule has 5 rings (SSSR count). The van der Waals surface area contributed by atoms with Crippen LogP contribution in [-0.2, 0) is 14.3 Å². The van der Waals surface area contributed by atoms with E-state index in [1.54, 1.807) is 9.58 Å². The van der Waals surface area contributed by atoms with Gasteiger partial charge in [0, 0.05) is 24.2 Å². The van der Waals surface area contributed by atoms with Crippen molar-refractivity contribution in [2.45, 2.75) is 25.2 Å². The highest BCUT2D eigenvalue weighted by molar-refractivity contribution is 5.99. The Morgan fingerprint density at radius 3 is 2.72 bits per heavy atom. The number of hydrogen-bond acceptors (Lipinski definition) is 7. The summed E-state index contributed by atoms with van der Waals surface area (Å²) in [4.78, 5) is 26.7. The van der Waals surface area contributed by atoms with E-state index < -0.39 is 0 Å². The molecule has 1 unspecified atom stereocenters. The van der Waals surface area contributed by atoms with Crippen LogP contribution in [-0.4, -0.2) is 57.1 Å². The maximum absolute atomic E-state index is 12.8. The van der Waals surface area contributed by atoms with Crippen LogP contribution in [0.25, 0.3) is 22.2 Å². The number of hydrogen-bond donors (Lipinski definition) is 2. The van der Waals surface area contributed by atoms with E-state index in [0.29, 0.717) is 42.9 Å². The Kier molecular flexibility index (Phi) is 5.24. The Morgan fingerprint density at radius 2 is 2.00 bits per heavy atom. The molecule has 2 aliphatic heterocycles. The van der Waals surface area contributed by atoms with E-state index in [1.807, 2.05) is 24.3 Å². The molecule has 0 bridgehead atoms. The highest BCUT2D eigenvalue weighted by Crippen LogP contribution is 2.34. The number of nitrogens with one attached hydrogen (secondary N) is 1. The number of anilines is 1. The molecule has 3 N–H and O–H groups in total. The summed E-state index contributed by atoms with van der Waals surface area (Å²) in [5.74, 6) is 0.0654. The number of nitrogen functional groups attached to an aromatic ring is 1. The van der Waals surface area contributed by atoms with Gasteiger partial charge in [0.15, 0.2) is 12.1 Å². The summed E-state index contributed by atoms with van der Waals surface area (Å²) in [5, 5.41) is 11.7. The lowest BCUT2D eigenvalue weighted by molar-refractivity contribution is -0.127. The van der Waals surface area contributed by atoms with Gasteiger partial charge in [-0.25, -0.2) is 5.10 Å².